The topological polar surface area (TPSA) is 58.2 Å². The van der Waals surface area contributed by atoms with Crippen molar-refractivity contribution in [3.63, 3.8) is 0 Å². The number of benzene rings is 1. The van der Waals surface area contributed by atoms with Gasteiger partial charge in [-0.1, -0.05) is 26.0 Å². The third kappa shape index (κ3) is 3.57. The summed E-state index contributed by atoms with van der Waals surface area (Å²) in [5.74, 6) is 0.994. The van der Waals surface area contributed by atoms with Gasteiger partial charge in [-0.2, -0.15) is 13.2 Å². The van der Waals surface area contributed by atoms with Crippen molar-refractivity contribution in [2.45, 2.75) is 71.5 Å². The number of hydrogen-bond acceptors (Lipinski definition) is 2. The average Bonchev–Trinajstić information content (AvgIpc) is 3.12. The van der Waals surface area contributed by atoms with E-state index in [1.54, 1.807) is 13.0 Å². The molecule has 0 saturated heterocycles. The lowest BCUT2D eigenvalue weighted by molar-refractivity contribution is -0.137. The van der Waals surface area contributed by atoms with E-state index in [9.17, 15) is 22.8 Å². The van der Waals surface area contributed by atoms with Crippen molar-refractivity contribution >= 4 is 17.5 Å². The minimum Gasteiger partial charge on any atom is -0.349 e. The molecule has 0 radical (unpaired) electrons. The van der Waals surface area contributed by atoms with Gasteiger partial charge in [0, 0.05) is 23.1 Å². The molecular formula is C27H33F3N2O2. The summed E-state index contributed by atoms with van der Waals surface area (Å²) in [6, 6.07) is 3.68. The maximum Gasteiger partial charge on any atom is 0.416 e. The van der Waals surface area contributed by atoms with E-state index in [0.29, 0.717) is 23.3 Å². The smallest absolute Gasteiger partial charge is 0.349 e. The highest BCUT2D eigenvalue weighted by Gasteiger charge is 2.60. The van der Waals surface area contributed by atoms with Gasteiger partial charge in [0.2, 0.25) is 11.8 Å². The van der Waals surface area contributed by atoms with E-state index >= 15 is 0 Å². The highest BCUT2D eigenvalue weighted by molar-refractivity contribution is 5.94. The molecule has 7 atom stereocenters. The van der Waals surface area contributed by atoms with E-state index in [2.05, 4.69) is 30.6 Å². The molecule has 4 aliphatic rings. The largest absolute Gasteiger partial charge is 0.416 e. The van der Waals surface area contributed by atoms with Crippen molar-refractivity contribution in [3.05, 3.63) is 41.5 Å². The Morgan fingerprint density at radius 3 is 2.59 bits per heavy atom. The van der Waals surface area contributed by atoms with Gasteiger partial charge in [-0.05, 0) is 92.4 Å². The Hall–Kier alpha value is -2.31. The van der Waals surface area contributed by atoms with Gasteiger partial charge in [0.15, 0.2) is 0 Å². The van der Waals surface area contributed by atoms with E-state index in [4.69, 9.17) is 0 Å². The Morgan fingerprint density at radius 2 is 1.85 bits per heavy atom. The summed E-state index contributed by atoms with van der Waals surface area (Å²) < 4.78 is 39.6. The summed E-state index contributed by atoms with van der Waals surface area (Å²) in [7, 11) is 0. The van der Waals surface area contributed by atoms with Crippen LogP contribution in [0.15, 0.2) is 30.4 Å². The first-order valence-electron chi connectivity index (χ1n) is 12.4. The van der Waals surface area contributed by atoms with Gasteiger partial charge in [0.1, 0.15) is 0 Å². The van der Waals surface area contributed by atoms with E-state index in [0.717, 1.165) is 50.7 Å². The minimum absolute atomic E-state index is 0.0101. The molecule has 7 heteroatoms. The fourth-order valence-electron chi connectivity index (χ4n) is 7.92. The van der Waals surface area contributed by atoms with Crippen molar-refractivity contribution in [1.82, 2.24) is 5.32 Å². The Morgan fingerprint density at radius 1 is 1.09 bits per heavy atom. The molecule has 2 amide bonds. The normalized spacial score (nSPS) is 39.0. The lowest BCUT2D eigenvalue weighted by Crippen LogP contribution is -2.59. The highest BCUT2D eigenvalue weighted by Crippen LogP contribution is 2.65. The van der Waals surface area contributed by atoms with Crippen molar-refractivity contribution in [2.24, 2.45) is 34.5 Å². The number of alkyl halides is 3. The predicted molar refractivity (Wildman–Crippen MR) is 124 cm³/mol. The molecule has 4 nitrogen and oxygen atoms in total. The zero-order valence-corrected chi connectivity index (χ0v) is 20.0. The number of aryl methyl sites for hydroxylation is 1. The molecule has 34 heavy (non-hydrogen) atoms. The van der Waals surface area contributed by atoms with Crippen LogP contribution in [0, 0.1) is 41.4 Å². The monoisotopic (exact) mass is 474 g/mol. The molecule has 1 aromatic rings. The fourth-order valence-corrected chi connectivity index (χ4v) is 7.92. The Bertz CT molecular complexity index is 1050. The number of nitrogens with one attached hydrogen (secondary N) is 2. The molecule has 0 aromatic heterocycles. The van der Waals surface area contributed by atoms with Crippen molar-refractivity contribution in [1.29, 1.82) is 0 Å². The van der Waals surface area contributed by atoms with E-state index in [-0.39, 0.29) is 40.3 Å². The van der Waals surface area contributed by atoms with Gasteiger partial charge >= 0.3 is 6.18 Å². The van der Waals surface area contributed by atoms with Crippen LogP contribution in [0.3, 0.4) is 0 Å². The van der Waals surface area contributed by atoms with Crippen molar-refractivity contribution in [3.8, 4) is 0 Å². The second-order valence-corrected chi connectivity index (χ2v) is 11.4. The molecule has 0 spiro atoms. The second kappa shape index (κ2) is 7.85. The van der Waals surface area contributed by atoms with E-state index < -0.39 is 11.7 Å². The van der Waals surface area contributed by atoms with Crippen LogP contribution < -0.4 is 10.6 Å². The first kappa shape index (κ1) is 23.4. The van der Waals surface area contributed by atoms with Gasteiger partial charge in [0.05, 0.1) is 5.56 Å². The number of anilines is 1. The van der Waals surface area contributed by atoms with Crippen molar-refractivity contribution < 1.29 is 22.8 Å². The molecule has 3 fully saturated rings. The average molecular weight is 475 g/mol. The molecule has 1 aliphatic heterocycles. The quantitative estimate of drug-likeness (QED) is 0.564. The van der Waals surface area contributed by atoms with Crippen LogP contribution in [-0.4, -0.2) is 17.9 Å². The Labute approximate surface area is 198 Å². The zero-order valence-electron chi connectivity index (χ0n) is 20.0. The van der Waals surface area contributed by atoms with Gasteiger partial charge < -0.3 is 10.6 Å². The van der Waals surface area contributed by atoms with Crippen LogP contribution in [0.25, 0.3) is 0 Å². The summed E-state index contributed by atoms with van der Waals surface area (Å²) in [6.45, 7) is 6.20. The summed E-state index contributed by atoms with van der Waals surface area (Å²) in [5.41, 5.74) is -0.0972. The molecule has 3 saturated carbocycles. The molecule has 1 aromatic carbocycles. The molecule has 5 rings (SSSR count). The lowest BCUT2D eigenvalue weighted by atomic mass is 9.48. The molecule has 3 aliphatic carbocycles. The van der Waals surface area contributed by atoms with Gasteiger partial charge in [-0.3, -0.25) is 9.59 Å². The molecule has 0 bridgehead atoms. The van der Waals surface area contributed by atoms with Crippen molar-refractivity contribution in [2.75, 3.05) is 5.32 Å². The maximum absolute atomic E-state index is 13.4. The second-order valence-electron chi connectivity index (χ2n) is 11.4. The first-order valence-corrected chi connectivity index (χ1v) is 12.4. The Balaban J connectivity index is 1.36. The minimum atomic E-state index is -4.45. The van der Waals surface area contributed by atoms with Crippen LogP contribution in [0.1, 0.15) is 63.5 Å². The number of fused-ring (bicyclic) bond motifs is 5. The number of rotatable bonds is 2. The molecule has 2 N–H and O–H groups in total. The van der Waals surface area contributed by atoms with Crippen LogP contribution in [0.4, 0.5) is 18.9 Å². The van der Waals surface area contributed by atoms with Crippen LogP contribution in [-0.2, 0) is 15.8 Å². The van der Waals surface area contributed by atoms with Crippen LogP contribution in [0.5, 0.6) is 0 Å². The van der Waals surface area contributed by atoms with Crippen LogP contribution >= 0.6 is 0 Å². The summed E-state index contributed by atoms with van der Waals surface area (Å²) in [5, 5.41) is 6.02. The van der Waals surface area contributed by atoms with Gasteiger partial charge in [-0.25, -0.2) is 0 Å². The maximum atomic E-state index is 13.4. The fraction of sp³-hybridized carbons (Fsp3) is 0.630. The predicted octanol–water partition coefficient (Wildman–Crippen LogP) is 5.87. The third-order valence-electron chi connectivity index (χ3n) is 9.83. The van der Waals surface area contributed by atoms with Gasteiger partial charge in [-0.15, -0.1) is 0 Å². The van der Waals surface area contributed by atoms with Crippen LogP contribution in [0.2, 0.25) is 0 Å². The summed E-state index contributed by atoms with van der Waals surface area (Å²) in [6.07, 6.45) is 4.98. The number of carbonyl (C=O) groups is 2. The zero-order chi connectivity index (χ0) is 24.5. The first-order chi connectivity index (χ1) is 15.9. The van der Waals surface area contributed by atoms with Gasteiger partial charge in [0.25, 0.3) is 0 Å². The third-order valence-corrected chi connectivity index (χ3v) is 9.83. The molecule has 5 unspecified atom stereocenters. The number of hydrogen-bond donors (Lipinski definition) is 2. The summed E-state index contributed by atoms with van der Waals surface area (Å²) in [4.78, 5) is 25.3. The Kier molecular flexibility index (Phi) is 5.41. The molecule has 184 valence electrons. The van der Waals surface area contributed by atoms with E-state index in [1.165, 1.54) is 6.07 Å². The number of halogens is 3. The standard InChI is InChI=1S/C27H33F3N2O2/c1-15-4-5-16(27(28,29)30)14-21(15)31-24(34)20-8-7-18-17-6-9-22-26(3,13-11-23(33)32-22)19(17)10-12-25(18,20)2/h4-5,11,13-14,17-20,22H,6-10,12H2,1-3H3,(H,31,34)(H,32,33)/t17?,18?,19?,20?,22?,25-,26+/m0/s1. The summed E-state index contributed by atoms with van der Waals surface area (Å²) >= 11 is 0. The number of carbonyl (C=O) groups excluding carboxylic acids is 2. The lowest BCUT2D eigenvalue weighted by Gasteiger charge is -2.58. The SMILES string of the molecule is Cc1ccc(C(F)(F)F)cc1NC(=O)C1CCC2C3CCC4NC(=O)C=C[C@]4(C)C3CC[C@]12C. The molecule has 1 heterocycles. The van der Waals surface area contributed by atoms with E-state index in [1.807, 2.05) is 0 Å². The molecular weight excluding hydrogens is 441 g/mol. The highest BCUT2D eigenvalue weighted by atomic mass is 19.4. The number of amides is 2.